The summed E-state index contributed by atoms with van der Waals surface area (Å²) in [6.07, 6.45) is 0.714. The number of carbonyl (C=O) groups is 2. The van der Waals surface area contributed by atoms with Crippen LogP contribution in [0, 0.1) is 0 Å². The van der Waals surface area contributed by atoms with Crippen molar-refractivity contribution in [1.82, 2.24) is 0 Å². The van der Waals surface area contributed by atoms with Crippen molar-refractivity contribution in [2.45, 2.75) is 0 Å². The van der Waals surface area contributed by atoms with Crippen molar-refractivity contribution >= 4 is 12.3 Å². The number of benzene rings is 3. The van der Waals surface area contributed by atoms with E-state index in [1.807, 2.05) is 42.5 Å². The van der Waals surface area contributed by atoms with E-state index < -0.39 is 5.97 Å². The van der Waals surface area contributed by atoms with Crippen molar-refractivity contribution in [3.63, 3.8) is 0 Å². The molecule has 0 aromatic heterocycles. The Morgan fingerprint density at radius 3 is 2.17 bits per heavy atom. The molecule has 0 bridgehead atoms. The molecule has 0 spiro atoms. The van der Waals surface area contributed by atoms with Gasteiger partial charge in [-0.1, -0.05) is 54.6 Å². The van der Waals surface area contributed by atoms with Crippen LogP contribution in [0.1, 0.15) is 20.7 Å². The van der Waals surface area contributed by atoms with E-state index in [9.17, 15) is 9.59 Å². The summed E-state index contributed by atoms with van der Waals surface area (Å²) in [6.45, 7) is 0. The number of hydrogen-bond donors (Lipinski definition) is 0. The van der Waals surface area contributed by atoms with E-state index in [0.29, 0.717) is 23.2 Å². The maximum absolute atomic E-state index is 12.2. The van der Waals surface area contributed by atoms with E-state index >= 15 is 0 Å². The second-order valence-corrected chi connectivity index (χ2v) is 5.02. The van der Waals surface area contributed by atoms with Gasteiger partial charge in [0.05, 0.1) is 5.56 Å². The Labute approximate surface area is 134 Å². The SMILES string of the molecule is O=Cc1cccc(OC(=O)c2ccc(-c3ccccc3)cc2)c1. The topological polar surface area (TPSA) is 43.4 Å². The van der Waals surface area contributed by atoms with Gasteiger partial charge in [-0.25, -0.2) is 4.79 Å². The van der Waals surface area contributed by atoms with Crippen molar-refractivity contribution < 1.29 is 14.3 Å². The lowest BCUT2D eigenvalue weighted by atomic mass is 10.0. The molecule has 3 rings (SSSR count). The fourth-order valence-electron chi connectivity index (χ4n) is 2.25. The smallest absolute Gasteiger partial charge is 0.343 e. The summed E-state index contributed by atoms with van der Waals surface area (Å²) in [5.74, 6) is -0.0978. The number of ether oxygens (including phenoxy) is 1. The molecular formula is C20H14O3. The largest absolute Gasteiger partial charge is 0.423 e. The van der Waals surface area contributed by atoms with Crippen LogP contribution in [0.15, 0.2) is 78.9 Å². The van der Waals surface area contributed by atoms with Crippen LogP contribution in [-0.2, 0) is 0 Å². The molecular weight excluding hydrogens is 288 g/mol. The molecule has 0 aliphatic carbocycles. The predicted octanol–water partition coefficient (Wildman–Crippen LogP) is 4.39. The molecule has 0 N–H and O–H groups in total. The monoisotopic (exact) mass is 302 g/mol. The van der Waals surface area contributed by atoms with E-state index in [0.717, 1.165) is 11.1 Å². The maximum Gasteiger partial charge on any atom is 0.343 e. The Morgan fingerprint density at radius 1 is 0.783 bits per heavy atom. The third-order valence-corrected chi connectivity index (χ3v) is 3.43. The van der Waals surface area contributed by atoms with E-state index in [2.05, 4.69) is 0 Å². The predicted molar refractivity (Wildman–Crippen MR) is 88.7 cm³/mol. The first-order valence-corrected chi connectivity index (χ1v) is 7.19. The molecule has 0 aliphatic rings. The molecule has 0 atom stereocenters. The molecule has 0 amide bonds. The summed E-state index contributed by atoms with van der Waals surface area (Å²) < 4.78 is 5.29. The molecule has 3 aromatic rings. The zero-order valence-electron chi connectivity index (χ0n) is 12.3. The molecule has 0 fully saturated rings. The first-order chi connectivity index (χ1) is 11.3. The number of esters is 1. The molecule has 0 saturated heterocycles. The highest BCUT2D eigenvalue weighted by molar-refractivity contribution is 5.91. The van der Waals surface area contributed by atoms with Gasteiger partial charge in [-0.05, 0) is 35.4 Å². The van der Waals surface area contributed by atoms with Crippen LogP contribution in [-0.4, -0.2) is 12.3 Å². The summed E-state index contributed by atoms with van der Waals surface area (Å²) in [5.41, 5.74) is 3.05. The average molecular weight is 302 g/mol. The van der Waals surface area contributed by atoms with Gasteiger partial charge in [-0.15, -0.1) is 0 Å². The van der Waals surface area contributed by atoms with Gasteiger partial charge in [0.1, 0.15) is 12.0 Å². The molecule has 0 heterocycles. The van der Waals surface area contributed by atoms with Crippen molar-refractivity contribution in [1.29, 1.82) is 0 Å². The van der Waals surface area contributed by atoms with Crippen molar-refractivity contribution in [2.24, 2.45) is 0 Å². The van der Waals surface area contributed by atoms with Crippen LogP contribution in [0.3, 0.4) is 0 Å². The Kier molecular flexibility index (Phi) is 4.29. The van der Waals surface area contributed by atoms with Crippen LogP contribution in [0.25, 0.3) is 11.1 Å². The number of rotatable bonds is 4. The van der Waals surface area contributed by atoms with Gasteiger partial charge in [0.25, 0.3) is 0 Å². The average Bonchev–Trinajstić information content (AvgIpc) is 2.63. The zero-order chi connectivity index (χ0) is 16.1. The number of hydrogen-bond acceptors (Lipinski definition) is 3. The Morgan fingerprint density at radius 2 is 1.48 bits per heavy atom. The van der Waals surface area contributed by atoms with Crippen LogP contribution in [0.2, 0.25) is 0 Å². The molecule has 0 aliphatic heterocycles. The first-order valence-electron chi connectivity index (χ1n) is 7.19. The van der Waals surface area contributed by atoms with E-state index in [1.54, 1.807) is 30.3 Å². The fraction of sp³-hybridized carbons (Fsp3) is 0. The van der Waals surface area contributed by atoms with Crippen molar-refractivity contribution in [3.8, 4) is 16.9 Å². The van der Waals surface area contributed by atoms with Crippen molar-refractivity contribution in [3.05, 3.63) is 90.0 Å². The minimum Gasteiger partial charge on any atom is -0.423 e. The lowest BCUT2D eigenvalue weighted by Crippen LogP contribution is -2.08. The van der Waals surface area contributed by atoms with Gasteiger partial charge < -0.3 is 4.74 Å². The van der Waals surface area contributed by atoms with Crippen molar-refractivity contribution in [2.75, 3.05) is 0 Å². The van der Waals surface area contributed by atoms with Gasteiger partial charge in [0, 0.05) is 5.56 Å². The Bertz CT molecular complexity index is 821. The van der Waals surface area contributed by atoms with Gasteiger partial charge in [-0.2, -0.15) is 0 Å². The maximum atomic E-state index is 12.2. The van der Waals surface area contributed by atoms with Gasteiger partial charge in [0.15, 0.2) is 0 Å². The quantitative estimate of drug-likeness (QED) is 0.408. The fourth-order valence-corrected chi connectivity index (χ4v) is 2.25. The third kappa shape index (κ3) is 3.52. The second-order valence-electron chi connectivity index (χ2n) is 5.02. The standard InChI is InChI=1S/C20H14O3/c21-14-15-5-4-8-19(13-15)23-20(22)18-11-9-17(10-12-18)16-6-2-1-3-7-16/h1-14H. The van der Waals surface area contributed by atoms with Gasteiger partial charge in [0.2, 0.25) is 0 Å². The zero-order valence-corrected chi connectivity index (χ0v) is 12.3. The third-order valence-electron chi connectivity index (χ3n) is 3.43. The summed E-state index contributed by atoms with van der Waals surface area (Å²) in [5, 5.41) is 0. The first kappa shape index (κ1) is 14.7. The van der Waals surface area contributed by atoms with Gasteiger partial charge >= 0.3 is 5.97 Å². The number of carbonyl (C=O) groups excluding carboxylic acids is 2. The highest BCUT2D eigenvalue weighted by Gasteiger charge is 2.09. The highest BCUT2D eigenvalue weighted by Crippen LogP contribution is 2.20. The molecule has 3 aromatic carbocycles. The molecule has 23 heavy (non-hydrogen) atoms. The summed E-state index contributed by atoms with van der Waals surface area (Å²) >= 11 is 0. The van der Waals surface area contributed by atoms with Crippen LogP contribution >= 0.6 is 0 Å². The lowest BCUT2D eigenvalue weighted by Gasteiger charge is -2.06. The molecule has 0 unspecified atom stereocenters. The Balaban J connectivity index is 1.76. The summed E-state index contributed by atoms with van der Waals surface area (Å²) in [4.78, 5) is 22.9. The van der Waals surface area contributed by atoms with E-state index in [4.69, 9.17) is 4.74 Å². The molecule has 112 valence electrons. The summed E-state index contributed by atoms with van der Waals surface area (Å²) in [6, 6.07) is 23.6. The molecule has 3 nitrogen and oxygen atoms in total. The minimum absolute atomic E-state index is 0.353. The molecule has 0 radical (unpaired) electrons. The second kappa shape index (κ2) is 6.71. The highest BCUT2D eigenvalue weighted by atomic mass is 16.5. The van der Waals surface area contributed by atoms with Gasteiger partial charge in [-0.3, -0.25) is 4.79 Å². The lowest BCUT2D eigenvalue weighted by molar-refractivity contribution is 0.0734. The summed E-state index contributed by atoms with van der Waals surface area (Å²) in [7, 11) is 0. The molecule has 0 saturated carbocycles. The van der Waals surface area contributed by atoms with Crippen LogP contribution in [0.5, 0.6) is 5.75 Å². The molecule has 3 heteroatoms. The van der Waals surface area contributed by atoms with Crippen LogP contribution in [0.4, 0.5) is 0 Å². The normalized spacial score (nSPS) is 10.1. The van der Waals surface area contributed by atoms with Crippen LogP contribution < -0.4 is 4.74 Å². The Hall–Kier alpha value is -3.20. The van der Waals surface area contributed by atoms with E-state index in [-0.39, 0.29) is 0 Å². The van der Waals surface area contributed by atoms with E-state index in [1.165, 1.54) is 6.07 Å². The number of aldehydes is 1. The minimum atomic E-state index is -0.451.